The van der Waals surface area contributed by atoms with Gasteiger partial charge in [-0.2, -0.15) is 0 Å². The number of ether oxygens (including phenoxy) is 1. The molecule has 0 radical (unpaired) electrons. The summed E-state index contributed by atoms with van der Waals surface area (Å²) >= 11 is 5.89. The molecule has 2 rings (SSSR count). The molecule has 1 fully saturated rings. The quantitative estimate of drug-likeness (QED) is 0.811. The van der Waals surface area contributed by atoms with Gasteiger partial charge in [-0.25, -0.2) is 0 Å². The van der Waals surface area contributed by atoms with Crippen LogP contribution in [0.3, 0.4) is 0 Å². The third-order valence-electron chi connectivity index (χ3n) is 3.22. The first-order chi connectivity index (χ1) is 8.34. The van der Waals surface area contributed by atoms with Crippen molar-refractivity contribution in [1.29, 1.82) is 0 Å². The first kappa shape index (κ1) is 12.7. The fourth-order valence-electron chi connectivity index (χ4n) is 2.29. The van der Waals surface area contributed by atoms with E-state index >= 15 is 0 Å². The Balaban J connectivity index is 1.62. The van der Waals surface area contributed by atoms with Gasteiger partial charge in [-0.3, -0.25) is 0 Å². The molecule has 3 heteroatoms. The van der Waals surface area contributed by atoms with E-state index in [1.165, 1.54) is 32.4 Å². The number of rotatable bonds is 5. The van der Waals surface area contributed by atoms with Crippen LogP contribution in [0.4, 0.5) is 0 Å². The Morgan fingerprint density at radius 1 is 1.41 bits per heavy atom. The molecule has 0 amide bonds. The zero-order valence-corrected chi connectivity index (χ0v) is 10.9. The Morgan fingerprint density at radius 3 is 3.12 bits per heavy atom. The standard InChI is InChI=1S/C14H20ClNO/c15-13-6-1-7-14(10-13)17-9-3-5-12-4-2-8-16-11-12/h1,6-7,10,12,16H,2-5,8-9,11H2. The number of benzene rings is 1. The van der Waals surface area contributed by atoms with Crippen molar-refractivity contribution in [3.8, 4) is 5.75 Å². The van der Waals surface area contributed by atoms with Crippen LogP contribution in [0.2, 0.25) is 5.02 Å². The van der Waals surface area contributed by atoms with Gasteiger partial charge in [0.15, 0.2) is 0 Å². The van der Waals surface area contributed by atoms with E-state index in [4.69, 9.17) is 16.3 Å². The Labute approximate surface area is 108 Å². The van der Waals surface area contributed by atoms with Gasteiger partial charge in [0.1, 0.15) is 5.75 Å². The van der Waals surface area contributed by atoms with Gasteiger partial charge in [0.2, 0.25) is 0 Å². The summed E-state index contributed by atoms with van der Waals surface area (Å²) in [5.41, 5.74) is 0. The Bertz CT molecular complexity index is 337. The lowest BCUT2D eigenvalue weighted by molar-refractivity contribution is 0.275. The first-order valence-electron chi connectivity index (χ1n) is 6.44. The highest BCUT2D eigenvalue weighted by molar-refractivity contribution is 6.30. The normalized spacial score (nSPS) is 20.2. The predicted octanol–water partition coefficient (Wildman–Crippen LogP) is 3.50. The van der Waals surface area contributed by atoms with Crippen molar-refractivity contribution < 1.29 is 4.74 Å². The van der Waals surface area contributed by atoms with E-state index in [0.29, 0.717) is 0 Å². The molecule has 1 unspecified atom stereocenters. The van der Waals surface area contributed by atoms with Gasteiger partial charge in [-0.1, -0.05) is 17.7 Å². The third-order valence-corrected chi connectivity index (χ3v) is 3.46. The minimum absolute atomic E-state index is 0.735. The third kappa shape index (κ3) is 4.57. The molecule has 1 aliphatic heterocycles. The molecular formula is C14H20ClNO. The van der Waals surface area contributed by atoms with E-state index in [0.717, 1.165) is 29.7 Å². The van der Waals surface area contributed by atoms with Crippen molar-refractivity contribution in [3.05, 3.63) is 29.3 Å². The summed E-state index contributed by atoms with van der Waals surface area (Å²) in [5.74, 6) is 1.71. The lowest BCUT2D eigenvalue weighted by atomic mass is 9.95. The van der Waals surface area contributed by atoms with Crippen molar-refractivity contribution in [2.24, 2.45) is 5.92 Å². The fraction of sp³-hybridized carbons (Fsp3) is 0.571. The van der Waals surface area contributed by atoms with Gasteiger partial charge in [0, 0.05) is 5.02 Å². The van der Waals surface area contributed by atoms with E-state index in [-0.39, 0.29) is 0 Å². The monoisotopic (exact) mass is 253 g/mol. The molecule has 94 valence electrons. The molecule has 1 saturated heterocycles. The molecule has 1 heterocycles. The van der Waals surface area contributed by atoms with Crippen molar-refractivity contribution in [2.75, 3.05) is 19.7 Å². The zero-order chi connectivity index (χ0) is 11.9. The van der Waals surface area contributed by atoms with Gasteiger partial charge in [0.25, 0.3) is 0 Å². The smallest absolute Gasteiger partial charge is 0.120 e. The molecule has 0 spiro atoms. The number of hydrogen-bond acceptors (Lipinski definition) is 2. The van der Waals surface area contributed by atoms with E-state index < -0.39 is 0 Å². The van der Waals surface area contributed by atoms with Crippen LogP contribution in [0.1, 0.15) is 25.7 Å². The number of halogens is 1. The van der Waals surface area contributed by atoms with Crippen LogP contribution in [-0.2, 0) is 0 Å². The molecule has 1 aromatic rings. The minimum atomic E-state index is 0.735. The first-order valence-corrected chi connectivity index (χ1v) is 6.81. The molecule has 0 aliphatic carbocycles. The maximum atomic E-state index is 5.89. The summed E-state index contributed by atoms with van der Waals surface area (Å²) in [4.78, 5) is 0. The largest absolute Gasteiger partial charge is 0.494 e. The number of hydrogen-bond donors (Lipinski definition) is 1. The van der Waals surface area contributed by atoms with Crippen molar-refractivity contribution in [2.45, 2.75) is 25.7 Å². The second kappa shape index (κ2) is 6.87. The van der Waals surface area contributed by atoms with E-state index in [1.54, 1.807) is 0 Å². The van der Waals surface area contributed by atoms with Crippen LogP contribution in [0, 0.1) is 5.92 Å². The molecule has 17 heavy (non-hydrogen) atoms. The number of nitrogens with one attached hydrogen (secondary N) is 1. The maximum absolute atomic E-state index is 5.89. The van der Waals surface area contributed by atoms with Crippen LogP contribution in [0.15, 0.2) is 24.3 Å². The molecule has 1 N–H and O–H groups in total. The second-order valence-corrected chi connectivity index (χ2v) is 5.10. The number of piperidine rings is 1. The molecule has 0 bridgehead atoms. The Hall–Kier alpha value is -0.730. The lowest BCUT2D eigenvalue weighted by Gasteiger charge is -2.22. The molecule has 0 saturated carbocycles. The molecule has 0 aromatic heterocycles. The van der Waals surface area contributed by atoms with Crippen molar-refractivity contribution >= 4 is 11.6 Å². The Morgan fingerprint density at radius 2 is 2.35 bits per heavy atom. The fourth-order valence-corrected chi connectivity index (χ4v) is 2.47. The average molecular weight is 254 g/mol. The summed E-state index contributed by atoms with van der Waals surface area (Å²) in [6, 6.07) is 7.60. The zero-order valence-electron chi connectivity index (χ0n) is 10.1. The summed E-state index contributed by atoms with van der Waals surface area (Å²) in [6.45, 7) is 3.16. The highest BCUT2D eigenvalue weighted by Gasteiger charge is 2.11. The molecule has 1 aliphatic rings. The van der Waals surface area contributed by atoms with E-state index in [9.17, 15) is 0 Å². The lowest BCUT2D eigenvalue weighted by Crippen LogP contribution is -2.29. The Kier molecular flexibility index (Phi) is 5.14. The molecular weight excluding hydrogens is 234 g/mol. The predicted molar refractivity (Wildman–Crippen MR) is 71.8 cm³/mol. The summed E-state index contributed by atoms with van der Waals surface area (Å²) in [5, 5.41) is 4.18. The summed E-state index contributed by atoms with van der Waals surface area (Å²) in [6.07, 6.45) is 5.07. The van der Waals surface area contributed by atoms with Gasteiger partial charge in [-0.05, 0) is 62.9 Å². The van der Waals surface area contributed by atoms with Gasteiger partial charge in [-0.15, -0.1) is 0 Å². The average Bonchev–Trinajstić information content (AvgIpc) is 2.36. The summed E-state index contributed by atoms with van der Waals surface area (Å²) < 4.78 is 5.67. The highest BCUT2D eigenvalue weighted by atomic mass is 35.5. The van der Waals surface area contributed by atoms with Crippen molar-refractivity contribution in [3.63, 3.8) is 0 Å². The maximum Gasteiger partial charge on any atom is 0.120 e. The minimum Gasteiger partial charge on any atom is -0.494 e. The molecule has 2 nitrogen and oxygen atoms in total. The van der Waals surface area contributed by atoms with Gasteiger partial charge >= 0.3 is 0 Å². The topological polar surface area (TPSA) is 21.3 Å². The molecule has 1 atom stereocenters. The van der Waals surface area contributed by atoms with Gasteiger partial charge in [0.05, 0.1) is 6.61 Å². The van der Waals surface area contributed by atoms with E-state index in [1.807, 2.05) is 24.3 Å². The SMILES string of the molecule is Clc1cccc(OCCCC2CCCNC2)c1. The summed E-state index contributed by atoms with van der Waals surface area (Å²) in [7, 11) is 0. The van der Waals surface area contributed by atoms with Gasteiger partial charge < -0.3 is 10.1 Å². The van der Waals surface area contributed by atoms with Crippen LogP contribution < -0.4 is 10.1 Å². The van der Waals surface area contributed by atoms with Crippen LogP contribution in [0.5, 0.6) is 5.75 Å². The van der Waals surface area contributed by atoms with E-state index in [2.05, 4.69) is 5.32 Å². The van der Waals surface area contributed by atoms with Crippen LogP contribution in [0.25, 0.3) is 0 Å². The molecule has 1 aromatic carbocycles. The second-order valence-electron chi connectivity index (χ2n) is 4.66. The van der Waals surface area contributed by atoms with Crippen LogP contribution >= 0.6 is 11.6 Å². The van der Waals surface area contributed by atoms with Crippen molar-refractivity contribution in [1.82, 2.24) is 5.32 Å². The highest BCUT2D eigenvalue weighted by Crippen LogP contribution is 2.19. The van der Waals surface area contributed by atoms with Crippen LogP contribution in [-0.4, -0.2) is 19.7 Å².